The molecule has 0 atom stereocenters. The van der Waals surface area contributed by atoms with E-state index in [1.165, 1.54) is 12.1 Å². The number of halogens is 2. The van der Waals surface area contributed by atoms with E-state index in [1.54, 1.807) is 6.07 Å². The Morgan fingerprint density at radius 3 is 2.60 bits per heavy atom. The average Bonchev–Trinajstić information content (AvgIpc) is 2.56. The molecule has 0 unspecified atom stereocenters. The minimum atomic E-state index is -0.701. The molecule has 0 bridgehead atoms. The van der Waals surface area contributed by atoms with Crippen molar-refractivity contribution in [2.45, 2.75) is 13.8 Å². The van der Waals surface area contributed by atoms with E-state index in [4.69, 9.17) is 21.1 Å². The third-order valence-corrected chi connectivity index (χ3v) is 3.49. The van der Waals surface area contributed by atoms with Crippen molar-refractivity contribution in [1.29, 1.82) is 0 Å². The molecule has 1 amide bonds. The second kappa shape index (κ2) is 8.48. The van der Waals surface area contributed by atoms with Crippen LogP contribution < -0.4 is 10.1 Å². The maximum atomic E-state index is 13.6. The summed E-state index contributed by atoms with van der Waals surface area (Å²) in [4.78, 5) is 23.4. The van der Waals surface area contributed by atoms with Gasteiger partial charge >= 0.3 is 5.97 Å². The second-order valence-corrected chi connectivity index (χ2v) is 5.83. The zero-order valence-corrected chi connectivity index (χ0v) is 14.5. The molecule has 2 rings (SSSR count). The number of amides is 1. The summed E-state index contributed by atoms with van der Waals surface area (Å²) in [7, 11) is 0. The molecule has 0 radical (unpaired) electrons. The Bertz CT molecular complexity index is 795. The van der Waals surface area contributed by atoms with Gasteiger partial charge in [-0.15, -0.1) is 0 Å². The predicted octanol–water partition coefficient (Wildman–Crippen LogP) is 3.66. The molecular weight excluding hydrogens is 349 g/mol. The van der Waals surface area contributed by atoms with Gasteiger partial charge in [0.15, 0.2) is 13.2 Å². The first kappa shape index (κ1) is 18.7. The second-order valence-electron chi connectivity index (χ2n) is 5.39. The van der Waals surface area contributed by atoms with Gasteiger partial charge in [0.1, 0.15) is 11.6 Å². The van der Waals surface area contributed by atoms with Crippen molar-refractivity contribution in [3.05, 3.63) is 58.4 Å². The van der Waals surface area contributed by atoms with Crippen LogP contribution in [-0.4, -0.2) is 25.1 Å². The molecule has 132 valence electrons. The summed E-state index contributed by atoms with van der Waals surface area (Å²) >= 11 is 5.63. The molecule has 0 spiro atoms. The van der Waals surface area contributed by atoms with Crippen LogP contribution in [0.15, 0.2) is 36.4 Å². The first-order chi connectivity index (χ1) is 11.8. The van der Waals surface area contributed by atoms with Crippen LogP contribution >= 0.6 is 11.6 Å². The van der Waals surface area contributed by atoms with Crippen molar-refractivity contribution in [1.82, 2.24) is 0 Å². The number of nitrogens with one attached hydrogen (secondary N) is 1. The van der Waals surface area contributed by atoms with Crippen LogP contribution in [0.4, 0.5) is 10.1 Å². The van der Waals surface area contributed by atoms with Crippen molar-refractivity contribution in [3.8, 4) is 5.75 Å². The fraction of sp³-hybridized carbons (Fsp3) is 0.222. The quantitative estimate of drug-likeness (QED) is 0.793. The molecule has 25 heavy (non-hydrogen) atoms. The molecule has 0 aromatic heterocycles. The molecule has 2 aromatic carbocycles. The number of anilines is 1. The number of esters is 1. The third kappa shape index (κ3) is 5.76. The molecule has 0 saturated heterocycles. The smallest absolute Gasteiger partial charge is 0.344 e. The van der Waals surface area contributed by atoms with Crippen LogP contribution in [0.5, 0.6) is 5.75 Å². The summed E-state index contributed by atoms with van der Waals surface area (Å²) in [5.41, 5.74) is 1.84. The van der Waals surface area contributed by atoms with E-state index in [1.807, 2.05) is 26.0 Å². The number of hydrogen-bond donors (Lipinski definition) is 1. The molecule has 0 heterocycles. The third-order valence-electron chi connectivity index (χ3n) is 3.26. The Hall–Kier alpha value is -2.60. The Labute approximate surface area is 149 Å². The van der Waals surface area contributed by atoms with E-state index in [-0.39, 0.29) is 17.3 Å². The molecule has 0 aliphatic rings. The summed E-state index contributed by atoms with van der Waals surface area (Å²) in [5, 5.41) is 2.51. The fourth-order valence-corrected chi connectivity index (χ4v) is 2.12. The minimum Gasteiger partial charge on any atom is -0.482 e. The van der Waals surface area contributed by atoms with Crippen molar-refractivity contribution < 1.29 is 23.5 Å². The fourth-order valence-electron chi connectivity index (χ4n) is 1.96. The molecule has 1 N–H and O–H groups in total. The van der Waals surface area contributed by atoms with Crippen LogP contribution in [0.1, 0.15) is 11.1 Å². The van der Waals surface area contributed by atoms with Crippen molar-refractivity contribution in [2.24, 2.45) is 0 Å². The van der Waals surface area contributed by atoms with E-state index in [2.05, 4.69) is 5.32 Å². The van der Waals surface area contributed by atoms with Crippen LogP contribution in [0.3, 0.4) is 0 Å². The van der Waals surface area contributed by atoms with Crippen LogP contribution in [0, 0.1) is 19.7 Å². The van der Waals surface area contributed by atoms with E-state index in [0.29, 0.717) is 5.75 Å². The Balaban J connectivity index is 1.79. The van der Waals surface area contributed by atoms with Crippen LogP contribution in [0.25, 0.3) is 0 Å². The number of benzene rings is 2. The average molecular weight is 366 g/mol. The van der Waals surface area contributed by atoms with Gasteiger partial charge in [0.05, 0.1) is 5.69 Å². The highest BCUT2D eigenvalue weighted by atomic mass is 35.5. The van der Waals surface area contributed by atoms with Gasteiger partial charge in [-0.3, -0.25) is 4.79 Å². The number of ether oxygens (including phenoxy) is 2. The first-order valence-corrected chi connectivity index (χ1v) is 7.83. The number of carbonyl (C=O) groups is 2. The van der Waals surface area contributed by atoms with Gasteiger partial charge in [-0.05, 0) is 49.2 Å². The van der Waals surface area contributed by atoms with Gasteiger partial charge < -0.3 is 14.8 Å². The maximum Gasteiger partial charge on any atom is 0.344 e. The lowest BCUT2D eigenvalue weighted by molar-refractivity contribution is -0.149. The monoisotopic (exact) mass is 365 g/mol. The van der Waals surface area contributed by atoms with Gasteiger partial charge in [-0.1, -0.05) is 23.7 Å². The van der Waals surface area contributed by atoms with Gasteiger partial charge in [-0.2, -0.15) is 0 Å². The molecule has 0 aliphatic carbocycles. The standard InChI is InChI=1S/C18H17ClFNO4/c1-11-3-4-12(2)16(7-11)24-10-18(23)25-9-17(22)21-15-6-5-13(19)8-14(15)20/h3-8H,9-10H2,1-2H3,(H,21,22). The normalized spacial score (nSPS) is 10.2. The molecule has 0 saturated carbocycles. The number of carbonyl (C=O) groups excluding carboxylic acids is 2. The molecular formula is C18H17ClFNO4. The molecule has 0 aliphatic heterocycles. The summed E-state index contributed by atoms with van der Waals surface area (Å²) in [6.07, 6.45) is 0. The molecule has 0 fully saturated rings. The lowest BCUT2D eigenvalue weighted by Crippen LogP contribution is -2.24. The Kier molecular flexibility index (Phi) is 6.36. The number of aryl methyl sites for hydroxylation is 2. The summed E-state index contributed by atoms with van der Waals surface area (Å²) in [6, 6.07) is 9.44. The summed E-state index contributed by atoms with van der Waals surface area (Å²) in [6.45, 7) is 2.89. The van der Waals surface area contributed by atoms with Gasteiger partial charge in [0, 0.05) is 5.02 Å². The highest BCUT2D eigenvalue weighted by Crippen LogP contribution is 2.19. The summed E-state index contributed by atoms with van der Waals surface area (Å²) < 4.78 is 23.7. The zero-order valence-electron chi connectivity index (χ0n) is 13.8. The van der Waals surface area contributed by atoms with E-state index in [0.717, 1.165) is 17.2 Å². The predicted molar refractivity (Wildman–Crippen MR) is 92.4 cm³/mol. The van der Waals surface area contributed by atoms with Gasteiger partial charge in [0.2, 0.25) is 0 Å². The van der Waals surface area contributed by atoms with Crippen molar-refractivity contribution >= 4 is 29.2 Å². The van der Waals surface area contributed by atoms with Crippen molar-refractivity contribution in [2.75, 3.05) is 18.5 Å². The van der Waals surface area contributed by atoms with E-state index >= 15 is 0 Å². The van der Waals surface area contributed by atoms with Gasteiger partial charge in [0.25, 0.3) is 5.91 Å². The number of rotatable bonds is 6. The highest BCUT2D eigenvalue weighted by molar-refractivity contribution is 6.30. The van der Waals surface area contributed by atoms with Crippen LogP contribution in [-0.2, 0) is 14.3 Å². The lowest BCUT2D eigenvalue weighted by Gasteiger charge is -2.10. The largest absolute Gasteiger partial charge is 0.482 e. The Morgan fingerprint density at radius 2 is 1.88 bits per heavy atom. The summed E-state index contributed by atoms with van der Waals surface area (Å²) in [5.74, 6) is -1.47. The van der Waals surface area contributed by atoms with Gasteiger partial charge in [-0.25, -0.2) is 9.18 Å². The van der Waals surface area contributed by atoms with E-state index < -0.39 is 24.3 Å². The SMILES string of the molecule is Cc1ccc(C)c(OCC(=O)OCC(=O)Nc2ccc(Cl)cc2F)c1. The van der Waals surface area contributed by atoms with Crippen molar-refractivity contribution in [3.63, 3.8) is 0 Å². The molecule has 2 aromatic rings. The molecule has 7 heteroatoms. The van der Waals surface area contributed by atoms with Crippen LogP contribution in [0.2, 0.25) is 5.02 Å². The highest BCUT2D eigenvalue weighted by Gasteiger charge is 2.11. The lowest BCUT2D eigenvalue weighted by atomic mass is 10.1. The number of hydrogen-bond acceptors (Lipinski definition) is 4. The Morgan fingerprint density at radius 1 is 1.12 bits per heavy atom. The van der Waals surface area contributed by atoms with E-state index in [9.17, 15) is 14.0 Å². The molecule has 5 nitrogen and oxygen atoms in total. The first-order valence-electron chi connectivity index (χ1n) is 7.45. The zero-order chi connectivity index (χ0) is 18.4. The maximum absolute atomic E-state index is 13.6. The minimum absolute atomic E-state index is 0.0444. The topological polar surface area (TPSA) is 64.6 Å².